The highest BCUT2D eigenvalue weighted by molar-refractivity contribution is 7.92. The Hall–Kier alpha value is -3.02. The third kappa shape index (κ3) is 6.00. The largest absolute Gasteiger partial charge is 0.379 e. The molecule has 2 aromatic rings. The Kier molecular flexibility index (Phi) is 7.55. The van der Waals surface area contributed by atoms with Gasteiger partial charge in [0.05, 0.1) is 28.7 Å². The van der Waals surface area contributed by atoms with E-state index in [1.54, 1.807) is 18.2 Å². The molecular weight excluding hydrogens is 424 g/mol. The number of rotatable bonds is 9. The van der Waals surface area contributed by atoms with E-state index in [-0.39, 0.29) is 16.3 Å². The SMILES string of the molecule is O=C(CN(c1ccc([N+](=O)[O-])cc1)S(=O)(=O)c1ccccc1)NCCN1CCOCC1. The van der Waals surface area contributed by atoms with Crippen LogP contribution >= 0.6 is 0 Å². The molecule has 1 aliphatic rings. The molecule has 3 rings (SSSR count). The van der Waals surface area contributed by atoms with Crippen LogP contribution in [0.4, 0.5) is 11.4 Å². The predicted molar refractivity (Wildman–Crippen MR) is 114 cm³/mol. The van der Waals surface area contributed by atoms with Crippen molar-refractivity contribution in [2.24, 2.45) is 0 Å². The first-order chi connectivity index (χ1) is 14.9. The number of morpholine rings is 1. The quantitative estimate of drug-likeness (QED) is 0.452. The number of amides is 1. The summed E-state index contributed by atoms with van der Waals surface area (Å²) in [5, 5.41) is 13.7. The molecule has 11 heteroatoms. The van der Waals surface area contributed by atoms with Crippen LogP contribution in [0.3, 0.4) is 0 Å². The number of hydrogen-bond donors (Lipinski definition) is 1. The molecule has 0 aromatic heterocycles. The van der Waals surface area contributed by atoms with Crippen molar-refractivity contribution in [1.82, 2.24) is 10.2 Å². The number of nitro groups is 1. The average molecular weight is 449 g/mol. The van der Waals surface area contributed by atoms with Gasteiger partial charge in [-0.25, -0.2) is 8.42 Å². The van der Waals surface area contributed by atoms with Gasteiger partial charge in [-0.15, -0.1) is 0 Å². The molecule has 0 spiro atoms. The lowest BCUT2D eigenvalue weighted by Crippen LogP contribution is -2.44. The van der Waals surface area contributed by atoms with Gasteiger partial charge >= 0.3 is 0 Å². The first-order valence-electron chi connectivity index (χ1n) is 9.77. The van der Waals surface area contributed by atoms with Gasteiger partial charge in [0.25, 0.3) is 15.7 Å². The average Bonchev–Trinajstić information content (AvgIpc) is 2.79. The van der Waals surface area contributed by atoms with Crippen LogP contribution < -0.4 is 9.62 Å². The number of carbonyl (C=O) groups excluding carboxylic acids is 1. The molecule has 0 saturated carbocycles. The van der Waals surface area contributed by atoms with E-state index >= 15 is 0 Å². The van der Waals surface area contributed by atoms with Crippen molar-refractivity contribution in [1.29, 1.82) is 0 Å². The minimum absolute atomic E-state index is 0.0227. The second kappa shape index (κ2) is 10.3. The molecule has 1 amide bonds. The summed E-state index contributed by atoms with van der Waals surface area (Å²) in [6, 6.07) is 12.8. The molecule has 0 aliphatic carbocycles. The van der Waals surface area contributed by atoms with Gasteiger partial charge in [-0.05, 0) is 24.3 Å². The number of non-ortho nitro benzene ring substituents is 1. The lowest BCUT2D eigenvalue weighted by Gasteiger charge is -2.27. The second-order valence-corrected chi connectivity index (χ2v) is 8.76. The topological polar surface area (TPSA) is 122 Å². The van der Waals surface area contributed by atoms with Crippen LogP contribution in [0.15, 0.2) is 59.5 Å². The van der Waals surface area contributed by atoms with Crippen LogP contribution in [-0.2, 0) is 19.6 Å². The maximum absolute atomic E-state index is 13.2. The van der Waals surface area contributed by atoms with Crippen molar-refractivity contribution < 1.29 is 22.9 Å². The van der Waals surface area contributed by atoms with Gasteiger partial charge in [0.2, 0.25) is 5.91 Å². The summed E-state index contributed by atoms with van der Waals surface area (Å²) in [4.78, 5) is 25.1. The van der Waals surface area contributed by atoms with Crippen molar-refractivity contribution in [3.63, 3.8) is 0 Å². The molecule has 0 radical (unpaired) electrons. The highest BCUT2D eigenvalue weighted by atomic mass is 32.2. The number of nitrogens with one attached hydrogen (secondary N) is 1. The van der Waals surface area contributed by atoms with Crippen molar-refractivity contribution in [3.8, 4) is 0 Å². The summed E-state index contributed by atoms with van der Waals surface area (Å²) < 4.78 is 32.6. The summed E-state index contributed by atoms with van der Waals surface area (Å²) in [5.74, 6) is -0.467. The molecule has 31 heavy (non-hydrogen) atoms. The van der Waals surface area contributed by atoms with Gasteiger partial charge in [-0.3, -0.25) is 24.1 Å². The van der Waals surface area contributed by atoms with Crippen molar-refractivity contribution >= 4 is 27.3 Å². The number of anilines is 1. The van der Waals surface area contributed by atoms with Crippen molar-refractivity contribution in [2.45, 2.75) is 4.90 Å². The number of nitro benzene ring substituents is 1. The smallest absolute Gasteiger partial charge is 0.269 e. The molecular formula is C20H24N4O6S. The van der Waals surface area contributed by atoms with Crippen molar-refractivity contribution in [3.05, 3.63) is 64.7 Å². The molecule has 1 fully saturated rings. The lowest BCUT2D eigenvalue weighted by molar-refractivity contribution is -0.384. The molecule has 0 atom stereocenters. The molecule has 166 valence electrons. The maximum atomic E-state index is 13.2. The minimum Gasteiger partial charge on any atom is -0.379 e. The van der Waals surface area contributed by atoms with E-state index < -0.39 is 27.4 Å². The Labute approximate surface area is 180 Å². The summed E-state index contributed by atoms with van der Waals surface area (Å²) >= 11 is 0. The number of hydrogen-bond acceptors (Lipinski definition) is 7. The highest BCUT2D eigenvalue weighted by Crippen LogP contribution is 2.25. The lowest BCUT2D eigenvalue weighted by atomic mass is 10.3. The normalized spacial score (nSPS) is 14.7. The number of carbonyl (C=O) groups is 1. The van der Waals surface area contributed by atoms with Crippen LogP contribution in [0.5, 0.6) is 0 Å². The summed E-state index contributed by atoms with van der Waals surface area (Å²) in [7, 11) is -4.05. The van der Waals surface area contributed by atoms with Gasteiger partial charge in [-0.2, -0.15) is 0 Å². The first-order valence-corrected chi connectivity index (χ1v) is 11.2. The fourth-order valence-electron chi connectivity index (χ4n) is 3.14. The summed E-state index contributed by atoms with van der Waals surface area (Å²) in [6.07, 6.45) is 0. The molecule has 10 nitrogen and oxygen atoms in total. The Morgan fingerprint density at radius 1 is 1.10 bits per heavy atom. The zero-order chi connectivity index (χ0) is 22.3. The molecule has 1 saturated heterocycles. The molecule has 0 unspecified atom stereocenters. The highest BCUT2D eigenvalue weighted by Gasteiger charge is 2.27. The number of ether oxygens (including phenoxy) is 1. The molecule has 1 aliphatic heterocycles. The minimum atomic E-state index is -4.05. The zero-order valence-electron chi connectivity index (χ0n) is 16.8. The fraction of sp³-hybridized carbons (Fsp3) is 0.350. The van der Waals surface area contributed by atoms with E-state index in [9.17, 15) is 23.3 Å². The Morgan fingerprint density at radius 3 is 2.35 bits per heavy atom. The first kappa shape index (κ1) is 22.7. The van der Waals surface area contributed by atoms with Gasteiger partial charge in [-0.1, -0.05) is 18.2 Å². The Bertz CT molecular complexity index is 992. The summed E-state index contributed by atoms with van der Waals surface area (Å²) in [6.45, 7) is 3.43. The summed E-state index contributed by atoms with van der Waals surface area (Å²) in [5.41, 5.74) is -0.00597. The number of benzene rings is 2. The van der Waals surface area contributed by atoms with E-state index in [1.165, 1.54) is 36.4 Å². The Balaban J connectivity index is 1.75. The van der Waals surface area contributed by atoms with E-state index in [0.717, 1.165) is 17.4 Å². The molecule has 1 N–H and O–H groups in total. The van der Waals surface area contributed by atoms with E-state index in [1.807, 2.05) is 0 Å². The second-order valence-electron chi connectivity index (χ2n) is 6.90. The fourth-order valence-corrected chi connectivity index (χ4v) is 4.58. The third-order valence-electron chi connectivity index (χ3n) is 4.82. The zero-order valence-corrected chi connectivity index (χ0v) is 17.7. The van der Waals surface area contributed by atoms with Crippen molar-refractivity contribution in [2.75, 3.05) is 50.2 Å². The van der Waals surface area contributed by atoms with Crippen LogP contribution in [0.2, 0.25) is 0 Å². The van der Waals surface area contributed by atoms with Gasteiger partial charge in [0, 0.05) is 38.3 Å². The maximum Gasteiger partial charge on any atom is 0.269 e. The van der Waals surface area contributed by atoms with E-state index in [0.29, 0.717) is 26.3 Å². The Morgan fingerprint density at radius 2 is 1.74 bits per heavy atom. The molecule has 1 heterocycles. The standard InChI is InChI=1S/C20H24N4O6S/c25-20(21-10-11-22-12-14-30-15-13-22)16-23(17-6-8-18(9-7-17)24(26)27)31(28,29)19-4-2-1-3-5-19/h1-9H,10-16H2,(H,21,25). The number of nitrogens with zero attached hydrogens (tertiary/aromatic N) is 3. The van der Waals surface area contributed by atoms with E-state index in [4.69, 9.17) is 4.74 Å². The number of sulfonamides is 1. The third-order valence-corrected chi connectivity index (χ3v) is 6.61. The van der Waals surface area contributed by atoms with Gasteiger partial charge in [0.1, 0.15) is 6.54 Å². The predicted octanol–water partition coefficient (Wildman–Crippen LogP) is 1.24. The van der Waals surface area contributed by atoms with Gasteiger partial charge in [0.15, 0.2) is 0 Å². The van der Waals surface area contributed by atoms with Crippen LogP contribution in [0.25, 0.3) is 0 Å². The molecule has 0 bridgehead atoms. The van der Waals surface area contributed by atoms with Crippen LogP contribution in [-0.4, -0.2) is 70.1 Å². The molecule has 2 aromatic carbocycles. The van der Waals surface area contributed by atoms with Crippen LogP contribution in [0, 0.1) is 10.1 Å². The van der Waals surface area contributed by atoms with Crippen LogP contribution in [0.1, 0.15) is 0 Å². The van der Waals surface area contributed by atoms with E-state index in [2.05, 4.69) is 10.2 Å². The monoisotopic (exact) mass is 448 g/mol. The van der Waals surface area contributed by atoms with Gasteiger partial charge < -0.3 is 10.1 Å².